The average Bonchev–Trinajstić information content (AvgIpc) is 1.84. The second kappa shape index (κ2) is 5.31. The van der Waals surface area contributed by atoms with Crippen LogP contribution in [0.3, 0.4) is 0 Å². The predicted molar refractivity (Wildman–Crippen MR) is 49.1 cm³/mol. The van der Waals surface area contributed by atoms with E-state index >= 15 is 0 Å². The quantitative estimate of drug-likeness (QED) is 0.624. The molecule has 0 saturated carbocycles. The molecule has 12 heavy (non-hydrogen) atoms. The highest BCUT2D eigenvalue weighted by Crippen LogP contribution is 2.19. The van der Waals surface area contributed by atoms with Crippen LogP contribution in [-0.4, -0.2) is 11.0 Å². The van der Waals surface area contributed by atoms with Gasteiger partial charge in [0.2, 0.25) is 5.24 Å². The Balaban J connectivity index is 3.97. The lowest BCUT2D eigenvalue weighted by molar-refractivity contribution is -0.118. The van der Waals surface area contributed by atoms with Gasteiger partial charge in [-0.2, -0.15) is 0 Å². The van der Waals surface area contributed by atoms with E-state index in [0.717, 1.165) is 0 Å². The number of carbonyl (C=O) groups is 2. The summed E-state index contributed by atoms with van der Waals surface area (Å²) in [6.45, 7) is 5.40. The molecule has 1 atom stereocenters. The van der Waals surface area contributed by atoms with Crippen molar-refractivity contribution in [3.05, 3.63) is 0 Å². The Hall–Kier alpha value is -0.370. The summed E-state index contributed by atoms with van der Waals surface area (Å²) in [5, 5.41) is -0.328. The van der Waals surface area contributed by atoms with Crippen molar-refractivity contribution in [1.82, 2.24) is 0 Å². The summed E-state index contributed by atoms with van der Waals surface area (Å²) in [7, 11) is 0. The van der Waals surface area contributed by atoms with Gasteiger partial charge in [-0.15, -0.1) is 0 Å². The number of carbonyl (C=O) groups excluding carboxylic acids is 2. The minimum Gasteiger partial charge on any atom is -0.300 e. The van der Waals surface area contributed by atoms with Crippen LogP contribution in [-0.2, 0) is 9.59 Å². The summed E-state index contributed by atoms with van der Waals surface area (Å²) in [6, 6.07) is 0. The van der Waals surface area contributed by atoms with Crippen LogP contribution in [0.2, 0.25) is 0 Å². The molecule has 70 valence electrons. The second-order valence-corrected chi connectivity index (χ2v) is 3.77. The summed E-state index contributed by atoms with van der Waals surface area (Å²) in [4.78, 5) is 21.5. The van der Waals surface area contributed by atoms with E-state index in [0.29, 0.717) is 12.8 Å². The zero-order chi connectivity index (χ0) is 9.72. The molecule has 0 amide bonds. The summed E-state index contributed by atoms with van der Waals surface area (Å²) in [5.74, 6) is 0.156. The van der Waals surface area contributed by atoms with E-state index in [1.807, 2.05) is 13.8 Å². The number of hydrogen-bond donors (Lipinski definition) is 0. The van der Waals surface area contributed by atoms with Crippen LogP contribution < -0.4 is 0 Å². The predicted octanol–water partition coefficient (Wildman–Crippen LogP) is 2.39. The largest absolute Gasteiger partial charge is 0.300 e. The summed E-state index contributed by atoms with van der Waals surface area (Å²) >= 11 is 5.37. The van der Waals surface area contributed by atoms with Gasteiger partial charge in [-0.05, 0) is 30.9 Å². The fourth-order valence-electron chi connectivity index (χ4n) is 1.07. The van der Waals surface area contributed by atoms with Crippen LogP contribution in [0.15, 0.2) is 0 Å². The molecule has 0 aliphatic carbocycles. The molecule has 0 fully saturated rings. The van der Waals surface area contributed by atoms with Crippen molar-refractivity contribution in [2.75, 3.05) is 0 Å². The van der Waals surface area contributed by atoms with Crippen molar-refractivity contribution in [3.8, 4) is 0 Å². The number of Topliss-reactive ketones (excluding diaryl/α,β-unsaturated/α-hetero) is 1. The van der Waals surface area contributed by atoms with Gasteiger partial charge in [0.15, 0.2) is 0 Å². The topological polar surface area (TPSA) is 34.1 Å². The first-order valence-corrected chi connectivity index (χ1v) is 4.51. The first-order chi connectivity index (χ1) is 5.45. The summed E-state index contributed by atoms with van der Waals surface area (Å²) < 4.78 is 0. The van der Waals surface area contributed by atoms with Crippen molar-refractivity contribution in [3.63, 3.8) is 0 Å². The van der Waals surface area contributed by atoms with E-state index in [2.05, 4.69) is 0 Å². The Bertz CT molecular complexity index is 175. The normalized spacial score (nSPS) is 13.1. The SMILES string of the molecule is CC(=O)CCC(C(=O)Cl)C(C)C. The Labute approximate surface area is 78.3 Å². The van der Waals surface area contributed by atoms with E-state index in [1.54, 1.807) is 0 Å². The molecule has 0 aromatic heterocycles. The standard InChI is InChI=1S/C9H15ClO2/c1-6(2)8(9(10)12)5-4-7(3)11/h6,8H,4-5H2,1-3H3. The van der Waals surface area contributed by atoms with Gasteiger partial charge in [0.05, 0.1) is 0 Å². The highest BCUT2D eigenvalue weighted by Gasteiger charge is 2.20. The molecule has 3 heteroatoms. The van der Waals surface area contributed by atoms with Gasteiger partial charge in [-0.3, -0.25) is 4.79 Å². The van der Waals surface area contributed by atoms with E-state index in [-0.39, 0.29) is 22.9 Å². The number of rotatable bonds is 5. The molecule has 0 heterocycles. The Morgan fingerprint density at radius 1 is 1.33 bits per heavy atom. The van der Waals surface area contributed by atoms with Crippen molar-refractivity contribution in [2.45, 2.75) is 33.6 Å². The van der Waals surface area contributed by atoms with Gasteiger partial charge < -0.3 is 4.79 Å². The minimum absolute atomic E-state index is 0.110. The molecule has 0 aromatic carbocycles. The first-order valence-electron chi connectivity index (χ1n) is 4.14. The van der Waals surface area contributed by atoms with Crippen molar-refractivity contribution >= 4 is 22.6 Å². The molecule has 0 rings (SSSR count). The highest BCUT2D eigenvalue weighted by atomic mass is 35.5. The van der Waals surface area contributed by atoms with Crippen LogP contribution in [0.1, 0.15) is 33.6 Å². The Kier molecular flexibility index (Phi) is 5.14. The zero-order valence-electron chi connectivity index (χ0n) is 7.76. The molecule has 0 N–H and O–H groups in total. The van der Waals surface area contributed by atoms with Crippen LogP contribution in [0.25, 0.3) is 0 Å². The fraction of sp³-hybridized carbons (Fsp3) is 0.778. The van der Waals surface area contributed by atoms with Gasteiger partial charge in [0.25, 0.3) is 0 Å². The molecule has 0 saturated heterocycles. The lowest BCUT2D eigenvalue weighted by Crippen LogP contribution is -2.16. The second-order valence-electron chi connectivity index (χ2n) is 3.40. The average molecular weight is 191 g/mol. The smallest absolute Gasteiger partial charge is 0.224 e. The Morgan fingerprint density at radius 3 is 2.08 bits per heavy atom. The van der Waals surface area contributed by atoms with Gasteiger partial charge in [-0.25, -0.2) is 0 Å². The van der Waals surface area contributed by atoms with Crippen molar-refractivity contribution in [1.29, 1.82) is 0 Å². The molecule has 2 nitrogen and oxygen atoms in total. The van der Waals surface area contributed by atoms with E-state index < -0.39 is 0 Å². The van der Waals surface area contributed by atoms with Gasteiger partial charge in [-0.1, -0.05) is 13.8 Å². The molecule has 1 unspecified atom stereocenters. The monoisotopic (exact) mass is 190 g/mol. The van der Waals surface area contributed by atoms with Crippen LogP contribution in [0.5, 0.6) is 0 Å². The highest BCUT2D eigenvalue weighted by molar-refractivity contribution is 6.64. The summed E-state index contributed by atoms with van der Waals surface area (Å²) in [5.41, 5.74) is 0. The first kappa shape index (κ1) is 11.6. The fourth-order valence-corrected chi connectivity index (χ4v) is 1.43. The summed E-state index contributed by atoms with van der Waals surface area (Å²) in [6.07, 6.45) is 1.02. The molecule has 0 bridgehead atoms. The molecular weight excluding hydrogens is 176 g/mol. The molecule has 0 spiro atoms. The number of halogens is 1. The van der Waals surface area contributed by atoms with Crippen LogP contribution in [0.4, 0.5) is 0 Å². The lowest BCUT2D eigenvalue weighted by atomic mass is 9.92. The third-order valence-corrected chi connectivity index (χ3v) is 2.18. The maximum atomic E-state index is 10.9. The van der Waals surface area contributed by atoms with Gasteiger partial charge in [0, 0.05) is 12.3 Å². The molecule has 0 radical (unpaired) electrons. The van der Waals surface area contributed by atoms with Gasteiger partial charge >= 0.3 is 0 Å². The number of hydrogen-bond acceptors (Lipinski definition) is 2. The minimum atomic E-state index is -0.328. The van der Waals surface area contributed by atoms with Gasteiger partial charge in [0.1, 0.15) is 5.78 Å². The number of ketones is 1. The van der Waals surface area contributed by atoms with Crippen molar-refractivity contribution in [2.24, 2.45) is 11.8 Å². The van der Waals surface area contributed by atoms with E-state index in [9.17, 15) is 9.59 Å². The van der Waals surface area contributed by atoms with Crippen molar-refractivity contribution < 1.29 is 9.59 Å². The maximum Gasteiger partial charge on any atom is 0.224 e. The molecule has 0 aliphatic rings. The van der Waals surface area contributed by atoms with E-state index in [1.165, 1.54) is 6.92 Å². The zero-order valence-corrected chi connectivity index (χ0v) is 8.52. The molecular formula is C9H15ClO2. The lowest BCUT2D eigenvalue weighted by Gasteiger charge is -2.14. The Morgan fingerprint density at radius 2 is 1.83 bits per heavy atom. The van der Waals surface area contributed by atoms with E-state index in [4.69, 9.17) is 11.6 Å². The third kappa shape index (κ3) is 4.50. The molecule has 0 aliphatic heterocycles. The maximum absolute atomic E-state index is 10.9. The van der Waals surface area contributed by atoms with Crippen LogP contribution >= 0.6 is 11.6 Å². The molecule has 0 aromatic rings. The third-order valence-electron chi connectivity index (χ3n) is 1.90. The van der Waals surface area contributed by atoms with Crippen LogP contribution in [0, 0.1) is 11.8 Å².